The number of benzene rings is 3. The highest BCUT2D eigenvalue weighted by Gasteiger charge is 2.27. The van der Waals surface area contributed by atoms with Gasteiger partial charge in [0.25, 0.3) is 10.0 Å². The number of halogens is 1. The second-order valence-electron chi connectivity index (χ2n) is 7.13. The Kier molecular flexibility index (Phi) is 8.61. The molecule has 0 heterocycles. The molecule has 0 atom stereocenters. The highest BCUT2D eigenvalue weighted by Crippen LogP contribution is 2.26. The first kappa shape index (κ1) is 24.2. The summed E-state index contributed by atoms with van der Waals surface area (Å²) in [5, 5.41) is 3.22. The number of aryl methyl sites for hydroxylation is 1. The van der Waals surface area contributed by atoms with Crippen LogP contribution < -0.4 is 9.62 Å². The second kappa shape index (κ2) is 11.4. The molecule has 32 heavy (non-hydrogen) atoms. The van der Waals surface area contributed by atoms with E-state index in [0.29, 0.717) is 17.3 Å². The van der Waals surface area contributed by atoms with E-state index in [4.69, 9.17) is 11.6 Å². The smallest absolute Gasteiger partial charge is 0.264 e. The van der Waals surface area contributed by atoms with Gasteiger partial charge in [0, 0.05) is 23.1 Å². The number of nitrogens with zero attached hydrogens (tertiary/aromatic N) is 1. The number of sulfonamides is 1. The number of rotatable bonds is 10. The van der Waals surface area contributed by atoms with Gasteiger partial charge in [0.15, 0.2) is 0 Å². The normalized spacial score (nSPS) is 11.2. The lowest BCUT2D eigenvalue weighted by Crippen LogP contribution is -2.41. The van der Waals surface area contributed by atoms with E-state index in [9.17, 15) is 13.2 Å². The molecule has 0 saturated heterocycles. The zero-order chi connectivity index (χ0) is 23.0. The van der Waals surface area contributed by atoms with Crippen LogP contribution in [0.1, 0.15) is 11.1 Å². The quantitative estimate of drug-likeness (QED) is 0.412. The van der Waals surface area contributed by atoms with Crippen molar-refractivity contribution in [1.82, 2.24) is 5.32 Å². The molecule has 0 aromatic heterocycles. The molecule has 5 nitrogen and oxygen atoms in total. The van der Waals surface area contributed by atoms with Crippen LogP contribution in [-0.4, -0.2) is 33.2 Å². The Morgan fingerprint density at radius 1 is 1.00 bits per heavy atom. The van der Waals surface area contributed by atoms with Gasteiger partial charge in [-0.3, -0.25) is 9.10 Å². The van der Waals surface area contributed by atoms with Crippen LogP contribution in [0.2, 0.25) is 5.02 Å². The van der Waals surface area contributed by atoms with Crippen LogP contribution in [0.4, 0.5) is 5.69 Å². The summed E-state index contributed by atoms with van der Waals surface area (Å²) in [6, 6.07) is 22.7. The van der Waals surface area contributed by atoms with Gasteiger partial charge in [-0.1, -0.05) is 60.1 Å². The molecule has 0 spiro atoms. The van der Waals surface area contributed by atoms with E-state index in [0.717, 1.165) is 15.8 Å². The molecule has 3 aromatic rings. The van der Waals surface area contributed by atoms with Gasteiger partial charge in [0.05, 0.1) is 10.6 Å². The van der Waals surface area contributed by atoms with E-state index in [1.54, 1.807) is 48.2 Å². The topological polar surface area (TPSA) is 66.5 Å². The molecule has 0 aliphatic carbocycles. The average Bonchev–Trinajstić information content (AvgIpc) is 2.79. The van der Waals surface area contributed by atoms with Crippen LogP contribution in [0.5, 0.6) is 0 Å². The summed E-state index contributed by atoms with van der Waals surface area (Å²) < 4.78 is 27.6. The fraction of sp³-hybridized carbons (Fsp3) is 0.208. The van der Waals surface area contributed by atoms with Gasteiger partial charge in [-0.2, -0.15) is 11.8 Å². The number of amides is 1. The van der Waals surface area contributed by atoms with Crippen LogP contribution in [0, 0.1) is 6.92 Å². The molecule has 168 valence electrons. The Hall–Kier alpha value is -2.48. The van der Waals surface area contributed by atoms with E-state index in [1.807, 2.05) is 12.1 Å². The largest absolute Gasteiger partial charge is 0.354 e. The summed E-state index contributed by atoms with van der Waals surface area (Å²) in [6.07, 6.45) is 0. The van der Waals surface area contributed by atoms with E-state index < -0.39 is 10.0 Å². The van der Waals surface area contributed by atoms with E-state index in [1.165, 1.54) is 29.3 Å². The van der Waals surface area contributed by atoms with Gasteiger partial charge in [0.2, 0.25) is 5.91 Å². The molecule has 0 aliphatic heterocycles. The first-order valence-corrected chi connectivity index (χ1v) is 13.1. The van der Waals surface area contributed by atoms with Crippen LogP contribution >= 0.6 is 23.4 Å². The Morgan fingerprint density at radius 2 is 1.72 bits per heavy atom. The van der Waals surface area contributed by atoms with Gasteiger partial charge in [-0.05, 0) is 48.4 Å². The first-order valence-electron chi connectivity index (χ1n) is 10.1. The minimum Gasteiger partial charge on any atom is -0.354 e. The van der Waals surface area contributed by atoms with Crippen molar-refractivity contribution in [2.24, 2.45) is 0 Å². The highest BCUT2D eigenvalue weighted by molar-refractivity contribution is 7.98. The van der Waals surface area contributed by atoms with Crippen LogP contribution in [0.15, 0.2) is 83.8 Å². The third-order valence-corrected chi connectivity index (χ3v) is 7.83. The van der Waals surface area contributed by atoms with Crippen molar-refractivity contribution < 1.29 is 13.2 Å². The maximum absolute atomic E-state index is 13.2. The van der Waals surface area contributed by atoms with Crippen LogP contribution in [0.3, 0.4) is 0 Å². The minimum atomic E-state index is -3.93. The molecule has 0 unspecified atom stereocenters. The standard InChI is InChI=1S/C24H25ClN2O3S2/c1-19-8-5-6-9-20(19)18-31-15-14-26-24(28)17-27(22-11-7-10-21(25)16-22)32(29,30)23-12-3-2-4-13-23/h2-13,16H,14-15,17-18H2,1H3,(H,26,28). The summed E-state index contributed by atoms with van der Waals surface area (Å²) in [5.41, 5.74) is 2.85. The van der Waals surface area contributed by atoms with Crippen molar-refractivity contribution in [2.75, 3.05) is 23.1 Å². The lowest BCUT2D eigenvalue weighted by molar-refractivity contribution is -0.119. The molecule has 3 aromatic carbocycles. The summed E-state index contributed by atoms with van der Waals surface area (Å²) in [4.78, 5) is 12.7. The van der Waals surface area contributed by atoms with E-state index in [-0.39, 0.29) is 17.3 Å². The Bertz CT molecular complexity index is 1150. The molecular formula is C24H25ClN2O3S2. The van der Waals surface area contributed by atoms with Gasteiger partial charge in [-0.25, -0.2) is 8.42 Å². The van der Waals surface area contributed by atoms with E-state index >= 15 is 0 Å². The molecule has 1 N–H and O–H groups in total. The Balaban J connectivity index is 1.63. The third-order valence-electron chi connectivity index (χ3n) is 4.80. The molecule has 0 saturated carbocycles. The van der Waals surface area contributed by atoms with Crippen molar-refractivity contribution in [2.45, 2.75) is 17.6 Å². The predicted molar refractivity (Wildman–Crippen MR) is 133 cm³/mol. The van der Waals surface area contributed by atoms with Gasteiger partial charge >= 0.3 is 0 Å². The van der Waals surface area contributed by atoms with Crippen molar-refractivity contribution in [3.05, 3.63) is 95.0 Å². The molecule has 0 radical (unpaired) electrons. The van der Waals surface area contributed by atoms with E-state index in [2.05, 4.69) is 24.4 Å². The molecule has 3 rings (SSSR count). The molecule has 1 amide bonds. The lowest BCUT2D eigenvalue weighted by atomic mass is 10.1. The fourth-order valence-electron chi connectivity index (χ4n) is 3.07. The zero-order valence-corrected chi connectivity index (χ0v) is 20.1. The maximum atomic E-state index is 13.2. The summed E-state index contributed by atoms with van der Waals surface area (Å²) in [7, 11) is -3.93. The molecule has 0 aliphatic rings. The fourth-order valence-corrected chi connectivity index (χ4v) is 5.62. The van der Waals surface area contributed by atoms with Crippen molar-refractivity contribution in [3.8, 4) is 0 Å². The first-order chi connectivity index (χ1) is 15.4. The number of anilines is 1. The third kappa shape index (κ3) is 6.51. The minimum absolute atomic E-state index is 0.113. The monoisotopic (exact) mass is 488 g/mol. The number of hydrogen-bond acceptors (Lipinski definition) is 4. The number of thioether (sulfide) groups is 1. The molecule has 8 heteroatoms. The zero-order valence-electron chi connectivity index (χ0n) is 17.7. The number of carbonyl (C=O) groups excluding carboxylic acids is 1. The van der Waals surface area contributed by atoms with Crippen molar-refractivity contribution >= 4 is 45.0 Å². The second-order valence-corrected chi connectivity index (χ2v) is 10.5. The van der Waals surface area contributed by atoms with Crippen LogP contribution in [0.25, 0.3) is 0 Å². The van der Waals surface area contributed by atoms with Crippen molar-refractivity contribution in [3.63, 3.8) is 0 Å². The lowest BCUT2D eigenvalue weighted by Gasteiger charge is -2.24. The summed E-state index contributed by atoms with van der Waals surface area (Å²) in [6.45, 7) is 2.19. The highest BCUT2D eigenvalue weighted by atomic mass is 35.5. The SMILES string of the molecule is Cc1ccccc1CSCCNC(=O)CN(c1cccc(Cl)c1)S(=O)(=O)c1ccccc1. The average molecular weight is 489 g/mol. The van der Waals surface area contributed by atoms with Gasteiger partial charge < -0.3 is 5.32 Å². The number of carbonyl (C=O) groups is 1. The summed E-state index contributed by atoms with van der Waals surface area (Å²) in [5.74, 6) is 1.21. The Morgan fingerprint density at radius 3 is 2.44 bits per heavy atom. The number of nitrogens with one attached hydrogen (secondary N) is 1. The Labute approximate surface area is 198 Å². The maximum Gasteiger partial charge on any atom is 0.264 e. The molecule has 0 bridgehead atoms. The molecule has 0 fully saturated rings. The predicted octanol–water partition coefficient (Wildman–Crippen LogP) is 4.89. The van der Waals surface area contributed by atoms with Gasteiger partial charge in [-0.15, -0.1) is 0 Å². The van der Waals surface area contributed by atoms with Gasteiger partial charge in [0.1, 0.15) is 6.54 Å². The van der Waals surface area contributed by atoms with Crippen LogP contribution in [-0.2, 0) is 20.6 Å². The number of hydrogen-bond donors (Lipinski definition) is 1. The summed E-state index contributed by atoms with van der Waals surface area (Å²) >= 11 is 7.79. The van der Waals surface area contributed by atoms with Crippen molar-refractivity contribution in [1.29, 1.82) is 0 Å². The molecular weight excluding hydrogens is 464 g/mol.